The van der Waals surface area contributed by atoms with E-state index in [2.05, 4.69) is 22.8 Å². The van der Waals surface area contributed by atoms with Gasteiger partial charge in [-0.1, -0.05) is 25.0 Å². The SMILES string of the molecule is OC1CCCCC1n1c(C2CCCO2)nc2ccccc21. The molecule has 1 aromatic heterocycles. The number of aromatic nitrogens is 2. The van der Waals surface area contributed by atoms with Crippen LogP contribution < -0.4 is 0 Å². The monoisotopic (exact) mass is 286 g/mol. The smallest absolute Gasteiger partial charge is 0.139 e. The quantitative estimate of drug-likeness (QED) is 0.920. The van der Waals surface area contributed by atoms with Gasteiger partial charge in [0.2, 0.25) is 0 Å². The van der Waals surface area contributed by atoms with Crippen LogP contribution in [0, 0.1) is 0 Å². The number of hydrogen-bond donors (Lipinski definition) is 1. The average molecular weight is 286 g/mol. The molecule has 21 heavy (non-hydrogen) atoms. The lowest BCUT2D eigenvalue weighted by molar-refractivity contribution is 0.0630. The minimum Gasteiger partial charge on any atom is -0.391 e. The van der Waals surface area contributed by atoms with Gasteiger partial charge < -0.3 is 14.4 Å². The van der Waals surface area contributed by atoms with Gasteiger partial charge in [0.25, 0.3) is 0 Å². The molecular weight excluding hydrogens is 264 g/mol. The van der Waals surface area contributed by atoms with Crippen molar-refractivity contribution < 1.29 is 9.84 Å². The van der Waals surface area contributed by atoms with Gasteiger partial charge in [-0.15, -0.1) is 0 Å². The summed E-state index contributed by atoms with van der Waals surface area (Å²) >= 11 is 0. The van der Waals surface area contributed by atoms with Crippen molar-refractivity contribution in [3.05, 3.63) is 30.1 Å². The second-order valence-corrected chi connectivity index (χ2v) is 6.25. The van der Waals surface area contributed by atoms with Crippen LogP contribution in [0.2, 0.25) is 0 Å². The van der Waals surface area contributed by atoms with Gasteiger partial charge in [-0.05, 0) is 37.8 Å². The Kier molecular flexibility index (Phi) is 3.43. The summed E-state index contributed by atoms with van der Waals surface area (Å²) < 4.78 is 8.14. The van der Waals surface area contributed by atoms with Gasteiger partial charge in [0.1, 0.15) is 11.9 Å². The van der Waals surface area contributed by atoms with Gasteiger partial charge in [0, 0.05) is 6.61 Å². The van der Waals surface area contributed by atoms with E-state index in [1.165, 1.54) is 6.42 Å². The van der Waals surface area contributed by atoms with Crippen LogP contribution >= 0.6 is 0 Å². The van der Waals surface area contributed by atoms with E-state index in [4.69, 9.17) is 9.72 Å². The summed E-state index contributed by atoms with van der Waals surface area (Å²) in [6.45, 7) is 0.821. The summed E-state index contributed by atoms with van der Waals surface area (Å²) in [5, 5.41) is 10.5. The van der Waals surface area contributed by atoms with Crippen molar-refractivity contribution in [3.8, 4) is 0 Å². The van der Waals surface area contributed by atoms with Gasteiger partial charge in [-0.3, -0.25) is 0 Å². The van der Waals surface area contributed by atoms with E-state index in [1.54, 1.807) is 0 Å². The Morgan fingerprint density at radius 1 is 1.10 bits per heavy atom. The summed E-state index contributed by atoms with van der Waals surface area (Å²) in [6, 6.07) is 8.39. The summed E-state index contributed by atoms with van der Waals surface area (Å²) in [7, 11) is 0. The number of aliphatic hydroxyl groups excluding tert-OH is 1. The Labute approximate surface area is 124 Å². The van der Waals surface area contributed by atoms with Crippen LogP contribution in [0.1, 0.15) is 56.5 Å². The summed E-state index contributed by atoms with van der Waals surface area (Å²) in [5.41, 5.74) is 2.15. The van der Waals surface area contributed by atoms with Gasteiger partial charge in [0.15, 0.2) is 0 Å². The lowest BCUT2D eigenvalue weighted by Gasteiger charge is -2.31. The van der Waals surface area contributed by atoms with E-state index in [9.17, 15) is 5.11 Å². The molecule has 0 radical (unpaired) electrons. The Bertz CT molecular complexity index is 631. The lowest BCUT2D eigenvalue weighted by Crippen LogP contribution is -2.29. The van der Waals surface area contributed by atoms with Crippen LogP contribution in [-0.4, -0.2) is 27.4 Å². The minimum absolute atomic E-state index is 0.0894. The van der Waals surface area contributed by atoms with Crippen LogP contribution in [0.15, 0.2) is 24.3 Å². The molecule has 3 atom stereocenters. The largest absolute Gasteiger partial charge is 0.391 e. The fourth-order valence-corrected chi connectivity index (χ4v) is 3.81. The Morgan fingerprint density at radius 3 is 2.76 bits per heavy atom. The number of nitrogens with zero attached hydrogens (tertiary/aromatic N) is 2. The van der Waals surface area contributed by atoms with Crippen LogP contribution in [0.3, 0.4) is 0 Å². The molecule has 0 bridgehead atoms. The number of hydrogen-bond acceptors (Lipinski definition) is 3. The normalized spacial score (nSPS) is 30.0. The van der Waals surface area contributed by atoms with Gasteiger partial charge in [-0.2, -0.15) is 0 Å². The fraction of sp³-hybridized carbons (Fsp3) is 0.588. The van der Waals surface area contributed by atoms with Gasteiger partial charge >= 0.3 is 0 Å². The molecule has 0 spiro atoms. The highest BCUT2D eigenvalue weighted by molar-refractivity contribution is 5.76. The molecule has 2 fully saturated rings. The second kappa shape index (κ2) is 5.43. The van der Waals surface area contributed by atoms with Crippen molar-refractivity contribution >= 4 is 11.0 Å². The molecule has 1 aliphatic carbocycles. The molecule has 2 heterocycles. The average Bonchev–Trinajstić information content (AvgIpc) is 3.15. The fourth-order valence-electron chi connectivity index (χ4n) is 3.81. The number of rotatable bonds is 2. The van der Waals surface area contributed by atoms with Crippen molar-refractivity contribution in [2.45, 2.75) is 56.8 Å². The van der Waals surface area contributed by atoms with Gasteiger partial charge in [0.05, 0.1) is 23.2 Å². The molecule has 4 heteroatoms. The summed E-state index contributed by atoms with van der Waals surface area (Å²) in [5.74, 6) is 1.01. The van der Waals surface area contributed by atoms with Crippen molar-refractivity contribution in [2.75, 3.05) is 6.61 Å². The highest BCUT2D eigenvalue weighted by Gasteiger charge is 2.32. The summed E-state index contributed by atoms with van der Waals surface area (Å²) in [6.07, 6.45) is 6.18. The van der Waals surface area contributed by atoms with Crippen LogP contribution in [-0.2, 0) is 4.74 Å². The third-order valence-electron chi connectivity index (χ3n) is 4.87. The van der Waals surface area contributed by atoms with E-state index in [-0.39, 0.29) is 18.2 Å². The maximum absolute atomic E-state index is 10.5. The standard InChI is InChI=1S/C17H22N2O2/c20-15-9-4-3-8-14(15)19-13-7-2-1-6-12(13)18-17(19)16-10-5-11-21-16/h1-2,6-7,14-16,20H,3-5,8-11H2. The van der Waals surface area contributed by atoms with Crippen molar-refractivity contribution in [2.24, 2.45) is 0 Å². The molecule has 4 nitrogen and oxygen atoms in total. The molecule has 112 valence electrons. The highest BCUT2D eigenvalue weighted by atomic mass is 16.5. The Hall–Kier alpha value is -1.39. The number of imidazole rings is 1. The first-order valence-corrected chi connectivity index (χ1v) is 8.11. The summed E-state index contributed by atoms with van der Waals surface area (Å²) in [4.78, 5) is 4.83. The molecule has 0 amide bonds. The predicted molar refractivity (Wildman–Crippen MR) is 81.2 cm³/mol. The molecule has 1 N–H and O–H groups in total. The predicted octanol–water partition coefficient (Wildman–Crippen LogP) is 3.36. The first-order valence-electron chi connectivity index (χ1n) is 8.11. The Balaban J connectivity index is 1.85. The Morgan fingerprint density at radius 2 is 1.95 bits per heavy atom. The van der Waals surface area contributed by atoms with Crippen molar-refractivity contribution in [1.82, 2.24) is 9.55 Å². The van der Waals surface area contributed by atoms with Crippen molar-refractivity contribution in [3.63, 3.8) is 0 Å². The van der Waals surface area contributed by atoms with E-state index >= 15 is 0 Å². The van der Waals surface area contributed by atoms with E-state index in [1.807, 2.05) is 6.07 Å². The topological polar surface area (TPSA) is 47.3 Å². The van der Waals surface area contributed by atoms with Crippen LogP contribution in [0.4, 0.5) is 0 Å². The van der Waals surface area contributed by atoms with Gasteiger partial charge in [-0.25, -0.2) is 4.98 Å². The number of benzene rings is 1. The zero-order valence-corrected chi connectivity index (χ0v) is 12.2. The molecule has 1 saturated carbocycles. The molecule has 1 aromatic carbocycles. The molecule has 2 aromatic rings. The number of aliphatic hydroxyl groups is 1. The minimum atomic E-state index is -0.267. The molecule has 1 aliphatic heterocycles. The molecule has 1 saturated heterocycles. The lowest BCUT2D eigenvalue weighted by atomic mass is 9.92. The molecule has 4 rings (SSSR count). The first kappa shape index (κ1) is 13.3. The maximum Gasteiger partial charge on any atom is 0.139 e. The number of ether oxygens (including phenoxy) is 1. The maximum atomic E-state index is 10.5. The molecular formula is C17H22N2O2. The first-order chi connectivity index (χ1) is 10.3. The van der Waals surface area contributed by atoms with E-state index in [0.717, 1.165) is 55.6 Å². The van der Waals surface area contributed by atoms with Crippen LogP contribution in [0.5, 0.6) is 0 Å². The number of fused-ring (bicyclic) bond motifs is 1. The van der Waals surface area contributed by atoms with Crippen LogP contribution in [0.25, 0.3) is 11.0 Å². The zero-order valence-electron chi connectivity index (χ0n) is 12.2. The molecule has 3 unspecified atom stereocenters. The third kappa shape index (κ3) is 2.27. The number of para-hydroxylation sites is 2. The third-order valence-corrected chi connectivity index (χ3v) is 4.87. The zero-order chi connectivity index (χ0) is 14.2. The van der Waals surface area contributed by atoms with E-state index < -0.39 is 0 Å². The second-order valence-electron chi connectivity index (χ2n) is 6.25. The highest BCUT2D eigenvalue weighted by Crippen LogP contribution is 2.37. The van der Waals surface area contributed by atoms with Crippen molar-refractivity contribution in [1.29, 1.82) is 0 Å². The van der Waals surface area contributed by atoms with E-state index in [0.29, 0.717) is 0 Å². The molecule has 2 aliphatic rings.